The van der Waals surface area contributed by atoms with Crippen LogP contribution in [0.2, 0.25) is 5.02 Å². The van der Waals surface area contributed by atoms with Gasteiger partial charge in [0.2, 0.25) is 5.91 Å². The molecule has 216 valence electrons. The number of hydrogen-bond acceptors (Lipinski definition) is 8. The second-order valence-corrected chi connectivity index (χ2v) is 12.0. The van der Waals surface area contributed by atoms with Crippen molar-refractivity contribution in [1.29, 1.82) is 0 Å². The lowest BCUT2D eigenvalue weighted by Crippen LogP contribution is -2.55. The predicted molar refractivity (Wildman–Crippen MR) is 147 cm³/mol. The number of nitrogen functional groups attached to an aromatic ring is 1. The normalized spacial score (nSPS) is 21.0. The summed E-state index contributed by atoms with van der Waals surface area (Å²) in [5, 5.41) is 3.42. The molecule has 0 spiro atoms. The number of nitrogens with zero attached hydrogens (tertiary/aromatic N) is 2. The summed E-state index contributed by atoms with van der Waals surface area (Å²) < 4.78 is 36.9. The first-order valence-corrected chi connectivity index (χ1v) is 14.9. The molecule has 11 nitrogen and oxygen atoms in total. The third-order valence-electron chi connectivity index (χ3n) is 6.76. The zero-order chi connectivity index (χ0) is 28.6. The first-order valence-electron chi connectivity index (χ1n) is 12.6. The van der Waals surface area contributed by atoms with Crippen molar-refractivity contribution >= 4 is 39.2 Å². The first-order chi connectivity index (χ1) is 17.7. The van der Waals surface area contributed by atoms with Gasteiger partial charge in [0, 0.05) is 51.8 Å². The monoisotopic (exact) mass is 576 g/mol. The molecule has 0 aliphatic carbocycles. The first kappa shape index (κ1) is 32.1. The summed E-state index contributed by atoms with van der Waals surface area (Å²) in [4.78, 5) is 29.6. The van der Waals surface area contributed by atoms with Gasteiger partial charge in [0.25, 0.3) is 16.0 Å². The molecule has 4 N–H and O–H groups in total. The fourth-order valence-corrected chi connectivity index (χ4v) is 4.94. The lowest BCUT2D eigenvalue weighted by Gasteiger charge is -2.41. The number of piperidine rings is 2. The van der Waals surface area contributed by atoms with Gasteiger partial charge >= 0.3 is 0 Å². The largest absolute Gasteiger partial charge is 0.496 e. The smallest absolute Gasteiger partial charge is 0.261 e. The maximum absolute atomic E-state index is 13.0. The Hall–Kier alpha value is -2.12. The quantitative estimate of drug-likeness (QED) is 0.327. The highest BCUT2D eigenvalue weighted by molar-refractivity contribution is 7.85. The summed E-state index contributed by atoms with van der Waals surface area (Å²) in [7, 11) is -0.483. The second kappa shape index (κ2) is 14.3. The Balaban J connectivity index is 0.000000926. The Labute approximate surface area is 230 Å². The number of benzene rings is 1. The molecule has 0 radical (unpaired) electrons. The molecular formula is C25H41ClN4O7S. The maximum Gasteiger partial charge on any atom is 0.261 e. The molecule has 2 aliphatic rings. The molecule has 2 heterocycles. The van der Waals surface area contributed by atoms with E-state index in [1.165, 1.54) is 7.11 Å². The van der Waals surface area contributed by atoms with Gasteiger partial charge in [-0.1, -0.05) is 25.4 Å². The van der Waals surface area contributed by atoms with E-state index in [4.69, 9.17) is 31.4 Å². The van der Waals surface area contributed by atoms with E-state index in [1.807, 2.05) is 18.7 Å². The number of nitrogens with two attached hydrogens (primary N) is 1. The average Bonchev–Trinajstić information content (AvgIpc) is 2.85. The molecule has 3 rings (SSSR count). The van der Waals surface area contributed by atoms with Gasteiger partial charge in [-0.3, -0.25) is 14.1 Å². The molecule has 2 atom stereocenters. The van der Waals surface area contributed by atoms with Gasteiger partial charge in [0.15, 0.2) is 0 Å². The van der Waals surface area contributed by atoms with Crippen LogP contribution in [0.25, 0.3) is 0 Å². The lowest BCUT2D eigenvalue weighted by atomic mass is 9.93. The molecule has 2 saturated heterocycles. The summed E-state index contributed by atoms with van der Waals surface area (Å²) in [5.41, 5.74) is 6.56. The molecule has 1 aromatic carbocycles. The topological polar surface area (TPSA) is 151 Å². The zero-order valence-corrected chi connectivity index (χ0v) is 24.3. The summed E-state index contributed by atoms with van der Waals surface area (Å²) in [6, 6.07) is 3.00. The van der Waals surface area contributed by atoms with E-state index in [0.717, 1.165) is 52.0 Å². The van der Waals surface area contributed by atoms with Gasteiger partial charge in [-0.15, -0.1) is 0 Å². The van der Waals surface area contributed by atoms with E-state index < -0.39 is 10.1 Å². The molecule has 0 bridgehead atoms. The Kier molecular flexibility index (Phi) is 12.1. The number of likely N-dealkylation sites (tertiary alicyclic amines) is 2. The number of halogens is 1. The van der Waals surface area contributed by atoms with Crippen molar-refractivity contribution in [2.75, 3.05) is 58.9 Å². The highest BCUT2D eigenvalue weighted by atomic mass is 35.5. The predicted octanol–water partition coefficient (Wildman–Crippen LogP) is 2.15. The molecule has 0 saturated carbocycles. The minimum absolute atomic E-state index is 0.0579. The van der Waals surface area contributed by atoms with Gasteiger partial charge < -0.3 is 30.3 Å². The molecule has 38 heavy (non-hydrogen) atoms. The molecule has 2 aliphatic heterocycles. The Morgan fingerprint density at radius 2 is 1.79 bits per heavy atom. The third kappa shape index (κ3) is 9.88. The summed E-state index contributed by atoms with van der Waals surface area (Å²) in [6.45, 7) is 8.23. The Bertz CT molecular complexity index is 1050. The van der Waals surface area contributed by atoms with E-state index in [9.17, 15) is 18.0 Å². The minimum atomic E-state index is -3.67. The van der Waals surface area contributed by atoms with Crippen LogP contribution in [0.3, 0.4) is 0 Å². The number of nitrogens with one attached hydrogen (secondary N) is 1. The van der Waals surface area contributed by atoms with E-state index in [1.54, 1.807) is 19.2 Å². The van der Waals surface area contributed by atoms with E-state index >= 15 is 0 Å². The van der Waals surface area contributed by atoms with Crippen LogP contribution in [0.15, 0.2) is 12.1 Å². The summed E-state index contributed by atoms with van der Waals surface area (Å²) >= 11 is 6.13. The summed E-state index contributed by atoms with van der Waals surface area (Å²) in [6.07, 6.45) is 3.46. The highest BCUT2D eigenvalue weighted by Gasteiger charge is 2.33. The number of methoxy groups -OCH3 is 2. The van der Waals surface area contributed by atoms with E-state index in [-0.39, 0.29) is 29.9 Å². The Morgan fingerprint density at radius 1 is 1.18 bits per heavy atom. The third-order valence-corrected chi connectivity index (χ3v) is 7.09. The Morgan fingerprint density at radius 3 is 2.32 bits per heavy atom. The van der Waals surface area contributed by atoms with Crippen molar-refractivity contribution in [3.05, 3.63) is 22.7 Å². The van der Waals surface area contributed by atoms with Crippen LogP contribution >= 0.6 is 11.6 Å². The van der Waals surface area contributed by atoms with Crippen LogP contribution in [0.5, 0.6) is 5.75 Å². The number of rotatable bonds is 7. The molecule has 1 aromatic rings. The molecule has 2 amide bonds. The van der Waals surface area contributed by atoms with Crippen molar-refractivity contribution in [2.24, 2.45) is 11.8 Å². The van der Waals surface area contributed by atoms with E-state index in [0.29, 0.717) is 34.2 Å². The number of carbonyl (C=O) groups is 2. The number of anilines is 1. The molecule has 0 aromatic heterocycles. The average molecular weight is 577 g/mol. The van der Waals surface area contributed by atoms with Gasteiger partial charge in [0.05, 0.1) is 41.8 Å². The van der Waals surface area contributed by atoms with Crippen LogP contribution in [0, 0.1) is 11.8 Å². The van der Waals surface area contributed by atoms with E-state index in [2.05, 4.69) is 10.2 Å². The maximum atomic E-state index is 13.0. The van der Waals surface area contributed by atoms with Gasteiger partial charge in [-0.25, -0.2) is 0 Å². The van der Waals surface area contributed by atoms with Crippen molar-refractivity contribution < 1.29 is 32.0 Å². The number of ether oxygens (including phenoxy) is 2. The van der Waals surface area contributed by atoms with Crippen LogP contribution in [0.4, 0.5) is 5.69 Å². The summed E-state index contributed by atoms with van der Waals surface area (Å²) in [5.74, 6) is 1.02. The number of carbonyl (C=O) groups excluding carboxylic acids is 2. The fraction of sp³-hybridized carbons (Fsp3) is 0.680. The van der Waals surface area contributed by atoms with Gasteiger partial charge in [-0.05, 0) is 31.2 Å². The fourth-order valence-electron chi connectivity index (χ4n) is 4.78. The molecular weight excluding hydrogens is 536 g/mol. The van der Waals surface area contributed by atoms with Crippen LogP contribution < -0.4 is 15.8 Å². The van der Waals surface area contributed by atoms with Crippen molar-refractivity contribution in [3.8, 4) is 5.75 Å². The SMILES string of the molecule is COc1cc(N)c(Cl)cc1C(=O)N[C@H]1CCN(CC2CCN(C(=O)C(C)C)CC2)C[C@H]1OC.CS(=O)(=O)O. The van der Waals surface area contributed by atoms with Crippen LogP contribution in [-0.4, -0.2) is 99.9 Å². The minimum Gasteiger partial charge on any atom is -0.496 e. The van der Waals surface area contributed by atoms with Gasteiger partial charge in [-0.2, -0.15) is 8.42 Å². The van der Waals surface area contributed by atoms with Crippen LogP contribution in [-0.2, 0) is 19.6 Å². The number of amides is 2. The van der Waals surface area contributed by atoms with Crippen molar-refractivity contribution in [2.45, 2.75) is 45.3 Å². The number of hydrogen-bond donors (Lipinski definition) is 3. The van der Waals surface area contributed by atoms with Crippen molar-refractivity contribution in [1.82, 2.24) is 15.1 Å². The van der Waals surface area contributed by atoms with Crippen LogP contribution in [0.1, 0.15) is 43.5 Å². The second-order valence-electron chi connectivity index (χ2n) is 10.1. The highest BCUT2D eigenvalue weighted by Crippen LogP contribution is 2.29. The van der Waals surface area contributed by atoms with Gasteiger partial charge in [0.1, 0.15) is 5.75 Å². The van der Waals surface area contributed by atoms with Crippen molar-refractivity contribution in [3.63, 3.8) is 0 Å². The molecule has 2 fully saturated rings. The standard InChI is InChI=1S/C24H37ClN4O4.CH4O3S/c1-15(2)24(31)29-9-5-16(6-10-29)13-28-8-7-20(22(14-28)33-4)27-23(30)17-11-18(25)19(26)12-21(17)32-3;1-5(2,3)4/h11-12,15-16,20,22H,5-10,13-14,26H2,1-4H3,(H,27,30);1H3,(H,2,3,4)/t20-,22+;/m0./s1. The molecule has 13 heteroatoms. The molecule has 0 unspecified atom stereocenters. The lowest BCUT2D eigenvalue weighted by molar-refractivity contribution is -0.136. The zero-order valence-electron chi connectivity index (χ0n) is 22.8.